The van der Waals surface area contributed by atoms with Gasteiger partial charge >= 0.3 is 0 Å². The summed E-state index contributed by atoms with van der Waals surface area (Å²) in [5, 5.41) is 19.9. The zero-order chi connectivity index (χ0) is 9.31. The van der Waals surface area contributed by atoms with Gasteiger partial charge < -0.3 is 10.2 Å². The second kappa shape index (κ2) is 3.58. The lowest BCUT2D eigenvalue weighted by atomic mass is 9.91. The Balaban J connectivity index is 1.76. The molecule has 2 heteroatoms. The number of aliphatic hydroxyl groups excluding tert-OH is 1. The second-order valence-electron chi connectivity index (χ2n) is 4.85. The first kappa shape index (κ1) is 9.47. The van der Waals surface area contributed by atoms with Crippen LogP contribution in [0.5, 0.6) is 0 Å². The van der Waals surface area contributed by atoms with Gasteiger partial charge in [-0.2, -0.15) is 0 Å². The fraction of sp³-hybridized carbons (Fsp3) is 1.00. The molecule has 13 heavy (non-hydrogen) atoms. The number of hydrogen-bond donors (Lipinski definition) is 2. The van der Waals surface area contributed by atoms with Gasteiger partial charge in [-0.1, -0.05) is 25.7 Å². The molecule has 2 rings (SSSR count). The van der Waals surface area contributed by atoms with Crippen molar-refractivity contribution in [3.8, 4) is 0 Å². The van der Waals surface area contributed by atoms with Crippen molar-refractivity contribution in [2.45, 2.75) is 63.1 Å². The van der Waals surface area contributed by atoms with Crippen LogP contribution in [0.1, 0.15) is 51.4 Å². The third-order valence-electron chi connectivity index (χ3n) is 3.63. The molecule has 1 unspecified atom stereocenters. The highest BCUT2D eigenvalue weighted by Crippen LogP contribution is 2.38. The Labute approximate surface area is 80.0 Å². The van der Waals surface area contributed by atoms with Crippen LogP contribution < -0.4 is 0 Å². The largest absolute Gasteiger partial charge is 0.390 e. The third-order valence-corrected chi connectivity index (χ3v) is 3.63. The van der Waals surface area contributed by atoms with Crippen LogP contribution in [0.2, 0.25) is 0 Å². The fourth-order valence-electron chi connectivity index (χ4n) is 2.39. The van der Waals surface area contributed by atoms with Crippen LogP contribution in [0.3, 0.4) is 0 Å². The number of rotatable bonds is 4. The summed E-state index contributed by atoms with van der Waals surface area (Å²) >= 11 is 0. The predicted molar refractivity (Wildman–Crippen MR) is 51.4 cm³/mol. The van der Waals surface area contributed by atoms with Crippen molar-refractivity contribution in [1.82, 2.24) is 0 Å². The Morgan fingerprint density at radius 3 is 2.38 bits per heavy atom. The number of hydrogen-bond acceptors (Lipinski definition) is 2. The summed E-state index contributed by atoms with van der Waals surface area (Å²) in [6, 6.07) is 0. The van der Waals surface area contributed by atoms with Gasteiger partial charge in [-0.3, -0.25) is 0 Å². The molecule has 2 nitrogen and oxygen atoms in total. The maximum absolute atomic E-state index is 10.0. The smallest absolute Gasteiger partial charge is 0.0905 e. The fourth-order valence-corrected chi connectivity index (χ4v) is 2.39. The van der Waals surface area contributed by atoms with Gasteiger partial charge in [0.05, 0.1) is 11.7 Å². The van der Waals surface area contributed by atoms with Crippen LogP contribution in [0.15, 0.2) is 0 Å². The van der Waals surface area contributed by atoms with Crippen molar-refractivity contribution in [3.63, 3.8) is 0 Å². The Hall–Kier alpha value is -0.0800. The van der Waals surface area contributed by atoms with Crippen molar-refractivity contribution < 1.29 is 10.2 Å². The first-order valence-electron chi connectivity index (χ1n) is 5.61. The van der Waals surface area contributed by atoms with Gasteiger partial charge in [0.1, 0.15) is 0 Å². The van der Waals surface area contributed by atoms with E-state index in [1.165, 1.54) is 12.8 Å². The lowest BCUT2D eigenvalue weighted by molar-refractivity contribution is -0.0739. The molecule has 2 aliphatic rings. The second-order valence-corrected chi connectivity index (χ2v) is 4.85. The van der Waals surface area contributed by atoms with Gasteiger partial charge in [-0.15, -0.1) is 0 Å². The summed E-state index contributed by atoms with van der Waals surface area (Å²) in [5.41, 5.74) is -0.727. The minimum atomic E-state index is -0.727. The van der Waals surface area contributed by atoms with E-state index in [1.54, 1.807) is 0 Å². The van der Waals surface area contributed by atoms with Gasteiger partial charge in [0, 0.05) is 0 Å². The Bertz CT molecular complexity index is 169. The molecule has 2 fully saturated rings. The molecule has 0 bridgehead atoms. The van der Waals surface area contributed by atoms with Gasteiger partial charge in [0.25, 0.3) is 0 Å². The Kier molecular flexibility index (Phi) is 2.61. The molecule has 0 heterocycles. The van der Waals surface area contributed by atoms with E-state index in [2.05, 4.69) is 0 Å². The lowest BCUT2D eigenvalue weighted by Gasteiger charge is -2.28. The van der Waals surface area contributed by atoms with Crippen LogP contribution in [-0.2, 0) is 0 Å². The molecule has 0 aliphatic heterocycles. The number of aliphatic hydroxyl groups is 2. The molecule has 0 spiro atoms. The molecule has 2 N–H and O–H groups in total. The van der Waals surface area contributed by atoms with Crippen LogP contribution in [0.25, 0.3) is 0 Å². The minimum absolute atomic E-state index is 0.462. The van der Waals surface area contributed by atoms with Crippen molar-refractivity contribution in [1.29, 1.82) is 0 Å². The molecular weight excluding hydrogens is 164 g/mol. The summed E-state index contributed by atoms with van der Waals surface area (Å²) in [4.78, 5) is 0. The topological polar surface area (TPSA) is 40.5 Å². The first-order valence-corrected chi connectivity index (χ1v) is 5.61. The highest BCUT2D eigenvalue weighted by molar-refractivity contribution is 4.91. The average molecular weight is 184 g/mol. The van der Waals surface area contributed by atoms with Crippen LogP contribution >= 0.6 is 0 Å². The quantitative estimate of drug-likeness (QED) is 0.700. The van der Waals surface area contributed by atoms with E-state index in [4.69, 9.17) is 0 Å². The van der Waals surface area contributed by atoms with Crippen molar-refractivity contribution in [2.75, 3.05) is 0 Å². The van der Waals surface area contributed by atoms with Gasteiger partial charge in [-0.05, 0) is 31.6 Å². The molecular formula is C11H20O2. The summed E-state index contributed by atoms with van der Waals surface area (Å²) in [6.45, 7) is 0. The van der Waals surface area contributed by atoms with E-state index >= 15 is 0 Å². The Morgan fingerprint density at radius 1 is 1.23 bits per heavy atom. The molecule has 76 valence electrons. The molecule has 0 radical (unpaired) electrons. The maximum atomic E-state index is 10.0. The maximum Gasteiger partial charge on any atom is 0.0905 e. The first-order chi connectivity index (χ1) is 6.21. The highest BCUT2D eigenvalue weighted by Gasteiger charge is 2.38. The summed E-state index contributed by atoms with van der Waals surface area (Å²) in [6.07, 6.45) is 7.91. The van der Waals surface area contributed by atoms with E-state index in [-0.39, 0.29) is 0 Å². The van der Waals surface area contributed by atoms with Crippen LogP contribution in [0, 0.1) is 5.92 Å². The zero-order valence-electron chi connectivity index (χ0n) is 8.21. The van der Waals surface area contributed by atoms with Crippen molar-refractivity contribution in [2.24, 2.45) is 5.92 Å². The molecule has 0 aromatic carbocycles. The monoisotopic (exact) mass is 184 g/mol. The van der Waals surface area contributed by atoms with Crippen LogP contribution in [-0.4, -0.2) is 21.9 Å². The minimum Gasteiger partial charge on any atom is -0.390 e. The third kappa shape index (κ3) is 2.23. The van der Waals surface area contributed by atoms with E-state index in [0.717, 1.165) is 44.4 Å². The molecule has 0 aromatic heterocycles. The zero-order valence-corrected chi connectivity index (χ0v) is 8.21. The standard InChI is InChI=1S/C11H20O2/c12-10(6-5-9-3-4-9)11(13)7-1-2-8-11/h9-10,12-13H,1-8H2. The average Bonchev–Trinajstić information content (AvgIpc) is 2.84. The van der Waals surface area contributed by atoms with Crippen molar-refractivity contribution >= 4 is 0 Å². The molecule has 1 atom stereocenters. The molecule has 0 amide bonds. The van der Waals surface area contributed by atoms with Gasteiger partial charge in [0.15, 0.2) is 0 Å². The molecule has 0 aromatic rings. The highest BCUT2D eigenvalue weighted by atomic mass is 16.3. The van der Waals surface area contributed by atoms with E-state index < -0.39 is 11.7 Å². The molecule has 0 saturated heterocycles. The Morgan fingerprint density at radius 2 is 1.85 bits per heavy atom. The summed E-state index contributed by atoms with van der Waals surface area (Å²) < 4.78 is 0. The summed E-state index contributed by atoms with van der Waals surface area (Å²) in [7, 11) is 0. The SMILES string of the molecule is OC(CCC1CC1)C1(O)CCCC1. The van der Waals surface area contributed by atoms with E-state index in [1.807, 2.05) is 0 Å². The van der Waals surface area contributed by atoms with Crippen LogP contribution in [0.4, 0.5) is 0 Å². The van der Waals surface area contributed by atoms with Gasteiger partial charge in [-0.25, -0.2) is 0 Å². The summed E-state index contributed by atoms with van der Waals surface area (Å²) in [5.74, 6) is 0.861. The van der Waals surface area contributed by atoms with E-state index in [0.29, 0.717) is 0 Å². The van der Waals surface area contributed by atoms with Gasteiger partial charge in [0.2, 0.25) is 0 Å². The molecule has 2 aliphatic carbocycles. The normalized spacial score (nSPS) is 29.1. The predicted octanol–water partition coefficient (Wildman–Crippen LogP) is 1.84. The van der Waals surface area contributed by atoms with E-state index in [9.17, 15) is 10.2 Å². The van der Waals surface area contributed by atoms with Crippen molar-refractivity contribution in [3.05, 3.63) is 0 Å². The molecule has 2 saturated carbocycles. The lowest BCUT2D eigenvalue weighted by Crippen LogP contribution is -2.39.